The summed E-state index contributed by atoms with van der Waals surface area (Å²) in [4.78, 5) is 18.9. The lowest BCUT2D eigenvalue weighted by Gasteiger charge is -2.33. The van der Waals surface area contributed by atoms with E-state index in [-0.39, 0.29) is 0 Å². The zero-order valence-electron chi connectivity index (χ0n) is 23.8. The molecule has 0 unspecified atom stereocenters. The predicted octanol–water partition coefficient (Wildman–Crippen LogP) is 5.05. The van der Waals surface area contributed by atoms with Crippen LogP contribution in [0.3, 0.4) is 0 Å². The minimum absolute atomic E-state index is 0.374. The second-order valence-electron chi connectivity index (χ2n) is 10.9. The molecule has 2 N–H and O–H groups in total. The lowest BCUT2D eigenvalue weighted by molar-refractivity contribution is 0.312. The Morgan fingerprint density at radius 2 is 1.61 bits per heavy atom. The van der Waals surface area contributed by atoms with Crippen LogP contribution < -0.4 is 25.0 Å². The topological polar surface area (TPSA) is 92.1 Å². The Morgan fingerprint density at radius 3 is 2.34 bits per heavy atom. The largest absolute Gasteiger partial charge is 0.496 e. The fraction of sp³-hybridized carbons (Fsp3) is 0.433. The number of likely N-dealkylation sites (N-methyl/N-ethyl adjacent to an activating group) is 1. The van der Waals surface area contributed by atoms with E-state index in [1.54, 1.807) is 20.3 Å². The first-order valence-electron chi connectivity index (χ1n) is 14.2. The van der Waals surface area contributed by atoms with Gasteiger partial charge in [0.05, 0.1) is 24.9 Å². The number of anilines is 3. The maximum Gasteiger partial charge on any atom is 0.224 e. The molecular formula is C30H37ClN8O2. The van der Waals surface area contributed by atoms with Crippen molar-refractivity contribution in [2.45, 2.75) is 37.8 Å². The minimum atomic E-state index is 0.374. The zero-order valence-corrected chi connectivity index (χ0v) is 24.6. The van der Waals surface area contributed by atoms with E-state index < -0.39 is 0 Å². The third-order valence-electron chi connectivity index (χ3n) is 8.11. The Balaban J connectivity index is 1.07. The first-order chi connectivity index (χ1) is 20.0. The number of piperazine rings is 1. The number of imidazole rings is 1. The first-order valence-corrected chi connectivity index (χ1v) is 14.6. The number of hydrogen-bond acceptors (Lipinski definition) is 9. The van der Waals surface area contributed by atoms with Crippen LogP contribution in [0.1, 0.15) is 25.7 Å². The molecule has 4 heterocycles. The van der Waals surface area contributed by atoms with Crippen molar-refractivity contribution in [2.75, 3.05) is 63.0 Å². The number of benzene rings is 1. The normalized spacial score (nSPS) is 19.8. The van der Waals surface area contributed by atoms with E-state index in [0.29, 0.717) is 28.6 Å². The van der Waals surface area contributed by atoms with Gasteiger partial charge in [0.2, 0.25) is 5.95 Å². The number of fused-ring (bicyclic) bond motifs is 1. The van der Waals surface area contributed by atoms with Gasteiger partial charge in [-0.3, -0.25) is 0 Å². The summed E-state index contributed by atoms with van der Waals surface area (Å²) < 4.78 is 12.9. The van der Waals surface area contributed by atoms with Crippen molar-refractivity contribution in [3.63, 3.8) is 0 Å². The molecule has 3 aromatic heterocycles. The van der Waals surface area contributed by atoms with Gasteiger partial charge in [-0.05, 0) is 50.9 Å². The van der Waals surface area contributed by atoms with Crippen LogP contribution in [0.2, 0.25) is 5.02 Å². The van der Waals surface area contributed by atoms with E-state index in [1.807, 2.05) is 35.1 Å². The van der Waals surface area contributed by atoms with Gasteiger partial charge in [-0.1, -0.05) is 11.6 Å². The highest BCUT2D eigenvalue weighted by molar-refractivity contribution is 6.32. The van der Waals surface area contributed by atoms with Crippen LogP contribution in [0, 0.1) is 0 Å². The zero-order chi connectivity index (χ0) is 28.3. The van der Waals surface area contributed by atoms with Crippen LogP contribution >= 0.6 is 11.6 Å². The molecule has 0 radical (unpaired) electrons. The van der Waals surface area contributed by atoms with Crippen molar-refractivity contribution >= 4 is 34.7 Å². The number of nitrogens with one attached hydrogen (secondary N) is 2. The number of methoxy groups -OCH3 is 2. The Labute approximate surface area is 245 Å². The molecule has 4 aromatic rings. The number of pyridine rings is 1. The Kier molecular flexibility index (Phi) is 8.02. The second kappa shape index (κ2) is 12.0. The predicted molar refractivity (Wildman–Crippen MR) is 164 cm³/mol. The third-order valence-corrected chi connectivity index (χ3v) is 8.40. The molecule has 41 heavy (non-hydrogen) atoms. The standard InChI is InChI=1S/C30H37ClN8O2/c1-37-12-14-38(15-13-37)28-8-10-32-30(36-28)34-21-6-4-20(5-7-21)33-22-9-11-39-19-25(35-29(39)16-22)23-17-24(31)27(41-3)18-26(23)40-2/h8-11,16-21,33H,4-7,12-15H2,1-3H3,(H,32,34,36). The highest BCUT2D eigenvalue weighted by atomic mass is 35.5. The van der Waals surface area contributed by atoms with Gasteiger partial charge >= 0.3 is 0 Å². The molecule has 1 aromatic carbocycles. The van der Waals surface area contributed by atoms with E-state index >= 15 is 0 Å². The van der Waals surface area contributed by atoms with E-state index in [1.165, 1.54) is 0 Å². The van der Waals surface area contributed by atoms with E-state index in [0.717, 1.165) is 86.2 Å². The first kappa shape index (κ1) is 27.4. The number of hydrogen-bond donors (Lipinski definition) is 2. The van der Waals surface area contributed by atoms with Crippen LogP contribution in [0.5, 0.6) is 11.5 Å². The summed E-state index contributed by atoms with van der Waals surface area (Å²) in [6, 6.07) is 10.6. The molecule has 0 atom stereocenters. The Hall–Kier alpha value is -3.76. The van der Waals surface area contributed by atoms with E-state index in [9.17, 15) is 0 Å². The molecule has 0 spiro atoms. The molecule has 6 rings (SSSR count). The summed E-state index contributed by atoms with van der Waals surface area (Å²) in [6.07, 6.45) is 10.2. The summed E-state index contributed by atoms with van der Waals surface area (Å²) in [6.45, 7) is 4.12. The van der Waals surface area contributed by atoms with Crippen LogP contribution in [-0.2, 0) is 0 Å². The molecule has 0 amide bonds. The quantitative estimate of drug-likeness (QED) is 0.299. The number of ether oxygens (including phenoxy) is 2. The summed E-state index contributed by atoms with van der Waals surface area (Å²) in [5, 5.41) is 7.83. The average Bonchev–Trinajstić information content (AvgIpc) is 3.42. The molecule has 2 fully saturated rings. The Bertz CT molecular complexity index is 1500. The van der Waals surface area contributed by atoms with Gasteiger partial charge in [0, 0.05) is 80.2 Å². The summed E-state index contributed by atoms with van der Waals surface area (Å²) in [7, 11) is 5.39. The van der Waals surface area contributed by atoms with Crippen molar-refractivity contribution in [2.24, 2.45) is 0 Å². The van der Waals surface area contributed by atoms with Crippen molar-refractivity contribution in [3.8, 4) is 22.8 Å². The minimum Gasteiger partial charge on any atom is -0.496 e. The highest BCUT2D eigenvalue weighted by Gasteiger charge is 2.23. The molecule has 11 heteroatoms. The van der Waals surface area contributed by atoms with Crippen molar-refractivity contribution in [3.05, 3.63) is 53.9 Å². The monoisotopic (exact) mass is 576 g/mol. The second-order valence-corrected chi connectivity index (χ2v) is 11.3. The number of nitrogens with zero attached hydrogens (tertiary/aromatic N) is 6. The number of rotatable bonds is 8. The van der Waals surface area contributed by atoms with Crippen molar-refractivity contribution in [1.29, 1.82) is 0 Å². The Morgan fingerprint density at radius 1 is 0.878 bits per heavy atom. The van der Waals surface area contributed by atoms with Gasteiger partial charge in [-0.2, -0.15) is 4.98 Å². The maximum absolute atomic E-state index is 6.40. The molecule has 1 aliphatic heterocycles. The fourth-order valence-electron chi connectivity index (χ4n) is 5.69. The highest BCUT2D eigenvalue weighted by Crippen LogP contribution is 2.38. The average molecular weight is 577 g/mol. The lowest BCUT2D eigenvalue weighted by Crippen LogP contribution is -2.44. The fourth-order valence-corrected chi connectivity index (χ4v) is 5.93. The number of aromatic nitrogens is 4. The molecular weight excluding hydrogens is 540 g/mol. The van der Waals surface area contributed by atoms with Gasteiger partial charge in [-0.15, -0.1) is 0 Å². The van der Waals surface area contributed by atoms with Crippen molar-refractivity contribution in [1.82, 2.24) is 24.3 Å². The molecule has 1 saturated heterocycles. The van der Waals surface area contributed by atoms with E-state index in [2.05, 4.69) is 44.6 Å². The maximum atomic E-state index is 6.40. The molecule has 1 aliphatic carbocycles. The SMILES string of the molecule is COc1cc(OC)c(-c2cn3ccc(NC4CCC(Nc5nccc(N6CCN(C)CC6)n5)CC4)cc3n2)cc1Cl. The van der Waals surface area contributed by atoms with Crippen LogP contribution in [0.25, 0.3) is 16.9 Å². The third kappa shape index (κ3) is 6.13. The van der Waals surface area contributed by atoms with Crippen LogP contribution in [0.4, 0.5) is 17.5 Å². The van der Waals surface area contributed by atoms with Gasteiger partial charge in [0.25, 0.3) is 0 Å². The molecule has 2 aliphatic rings. The van der Waals surface area contributed by atoms with E-state index in [4.69, 9.17) is 31.0 Å². The summed E-state index contributed by atoms with van der Waals surface area (Å²) in [5.41, 5.74) is 3.52. The van der Waals surface area contributed by atoms with Gasteiger partial charge < -0.3 is 34.3 Å². The number of halogens is 1. The lowest BCUT2D eigenvalue weighted by atomic mass is 9.91. The molecule has 1 saturated carbocycles. The molecule has 0 bridgehead atoms. The van der Waals surface area contributed by atoms with Crippen LogP contribution in [-0.4, -0.2) is 83.8 Å². The van der Waals surface area contributed by atoms with Gasteiger partial charge in [-0.25, -0.2) is 9.97 Å². The van der Waals surface area contributed by atoms with Crippen LogP contribution in [0.15, 0.2) is 48.9 Å². The smallest absolute Gasteiger partial charge is 0.224 e. The summed E-state index contributed by atoms with van der Waals surface area (Å²) >= 11 is 6.40. The van der Waals surface area contributed by atoms with Crippen molar-refractivity contribution < 1.29 is 9.47 Å². The van der Waals surface area contributed by atoms with Gasteiger partial charge in [0.15, 0.2) is 0 Å². The molecule has 10 nitrogen and oxygen atoms in total. The molecule has 216 valence electrons. The van der Waals surface area contributed by atoms with Gasteiger partial charge in [0.1, 0.15) is 23.0 Å². The summed E-state index contributed by atoms with van der Waals surface area (Å²) in [5.74, 6) is 2.97.